The number of ether oxygens (including phenoxy) is 3. The van der Waals surface area contributed by atoms with Crippen LogP contribution in [0.1, 0.15) is 0 Å². The average molecular weight is 362 g/mol. The van der Waals surface area contributed by atoms with Gasteiger partial charge in [-0.15, -0.1) is 0 Å². The maximum atomic E-state index is 10.6. The summed E-state index contributed by atoms with van der Waals surface area (Å²) in [5.41, 5.74) is -1.50. The van der Waals surface area contributed by atoms with E-state index in [4.69, 9.17) is 14.2 Å². The molecule has 142 valence electrons. The topological polar surface area (TPSA) is 169 Å². The van der Waals surface area contributed by atoms with Crippen molar-refractivity contribution in [3.63, 3.8) is 0 Å². The lowest BCUT2D eigenvalue weighted by molar-refractivity contribution is -0.344. The molecule has 3 aliphatic rings. The van der Waals surface area contributed by atoms with Gasteiger partial charge in [-0.25, -0.2) is 0 Å². The minimum Gasteiger partial charge on any atom is -0.472 e. The number of fused-ring (bicyclic) bond motifs is 1. The van der Waals surface area contributed by atoms with E-state index in [2.05, 4.69) is 0 Å². The molecule has 1 saturated heterocycles. The first-order chi connectivity index (χ1) is 11.8. The van der Waals surface area contributed by atoms with Crippen molar-refractivity contribution in [1.82, 2.24) is 0 Å². The van der Waals surface area contributed by atoms with Crippen LogP contribution in [0, 0.1) is 5.92 Å². The Morgan fingerprint density at radius 3 is 2.40 bits per heavy atom. The van der Waals surface area contributed by atoms with Gasteiger partial charge in [-0.1, -0.05) is 6.08 Å². The standard InChI is InChI=1S/C15H22O10/c16-4-6-3-8(18)15(22)1-2-23-13(9(6)15)25-14-12(21)11(20)10(19)7(5-17)24-14/h1-3,7-14,16-22H,4-5H2/t7-,8-,9+,10-,11+,12+,13+,14+,15+/m1/s1. The van der Waals surface area contributed by atoms with Gasteiger partial charge >= 0.3 is 0 Å². The Kier molecular flexibility index (Phi) is 5.17. The van der Waals surface area contributed by atoms with Gasteiger partial charge in [0.25, 0.3) is 0 Å². The summed E-state index contributed by atoms with van der Waals surface area (Å²) in [5, 5.41) is 69.0. The van der Waals surface area contributed by atoms with Gasteiger partial charge in [-0.05, 0) is 11.6 Å². The number of aliphatic hydroxyl groups excluding tert-OH is 6. The minimum absolute atomic E-state index is 0.272. The van der Waals surface area contributed by atoms with E-state index in [1.165, 1.54) is 12.2 Å². The SMILES string of the molecule is OCC1=C[C@@H](O)[C@@]2(O)C=CO[C@@H](O[C@@H]3O[C@H](CO)[C@@H](O)[C@H](O)[C@@H]3O)[C@H]12. The molecule has 0 aromatic rings. The molecule has 0 amide bonds. The second-order valence-corrected chi connectivity index (χ2v) is 6.35. The monoisotopic (exact) mass is 362 g/mol. The third-order valence-corrected chi connectivity index (χ3v) is 4.86. The summed E-state index contributed by atoms with van der Waals surface area (Å²) in [4.78, 5) is 0. The zero-order valence-electron chi connectivity index (χ0n) is 13.1. The van der Waals surface area contributed by atoms with Crippen molar-refractivity contribution < 1.29 is 50.0 Å². The highest BCUT2D eigenvalue weighted by Gasteiger charge is 2.55. The van der Waals surface area contributed by atoms with Crippen molar-refractivity contribution in [3.05, 3.63) is 24.0 Å². The summed E-state index contributed by atoms with van der Waals surface area (Å²) in [5.74, 6) is -0.982. The molecule has 0 bridgehead atoms. The van der Waals surface area contributed by atoms with Crippen LogP contribution in [0.2, 0.25) is 0 Å². The zero-order valence-corrected chi connectivity index (χ0v) is 13.1. The molecule has 1 aliphatic carbocycles. The molecule has 0 saturated carbocycles. The molecular weight excluding hydrogens is 340 g/mol. The molecule has 7 N–H and O–H groups in total. The summed E-state index contributed by atoms with van der Waals surface area (Å²) >= 11 is 0. The van der Waals surface area contributed by atoms with E-state index in [9.17, 15) is 35.7 Å². The Bertz CT molecular complexity index is 548. The molecule has 0 unspecified atom stereocenters. The fourth-order valence-electron chi connectivity index (χ4n) is 3.39. The highest BCUT2D eigenvalue weighted by Crippen LogP contribution is 2.43. The molecule has 10 nitrogen and oxygen atoms in total. The van der Waals surface area contributed by atoms with Crippen molar-refractivity contribution in [1.29, 1.82) is 0 Å². The van der Waals surface area contributed by atoms with Crippen LogP contribution in [0.25, 0.3) is 0 Å². The maximum Gasteiger partial charge on any atom is 0.211 e. The average Bonchev–Trinajstić information content (AvgIpc) is 2.87. The Labute approximate surface area is 142 Å². The molecule has 0 aromatic carbocycles. The summed E-state index contributed by atoms with van der Waals surface area (Å²) in [6.07, 6.45) is -6.37. The van der Waals surface area contributed by atoms with E-state index in [0.29, 0.717) is 0 Å². The third kappa shape index (κ3) is 2.99. The van der Waals surface area contributed by atoms with E-state index in [-0.39, 0.29) is 5.57 Å². The number of hydrogen-bond acceptors (Lipinski definition) is 10. The molecule has 0 radical (unpaired) electrons. The smallest absolute Gasteiger partial charge is 0.211 e. The Hall–Kier alpha value is -1.08. The first-order valence-corrected chi connectivity index (χ1v) is 7.84. The summed E-state index contributed by atoms with van der Waals surface area (Å²) in [7, 11) is 0. The molecule has 2 heterocycles. The van der Waals surface area contributed by atoms with Crippen molar-refractivity contribution in [3.8, 4) is 0 Å². The van der Waals surface area contributed by atoms with Crippen molar-refractivity contribution in [2.75, 3.05) is 13.2 Å². The van der Waals surface area contributed by atoms with Crippen LogP contribution < -0.4 is 0 Å². The third-order valence-electron chi connectivity index (χ3n) is 4.86. The molecular formula is C15H22O10. The molecule has 3 rings (SSSR count). The van der Waals surface area contributed by atoms with Crippen molar-refractivity contribution >= 4 is 0 Å². The molecule has 9 atom stereocenters. The second kappa shape index (κ2) is 6.91. The molecule has 1 fully saturated rings. The summed E-state index contributed by atoms with van der Waals surface area (Å²) in [6.45, 7) is -1.08. The largest absolute Gasteiger partial charge is 0.472 e. The molecule has 0 aromatic heterocycles. The van der Waals surface area contributed by atoms with E-state index in [1.54, 1.807) is 0 Å². The minimum atomic E-state index is -1.77. The van der Waals surface area contributed by atoms with Gasteiger partial charge in [0, 0.05) is 0 Å². The first kappa shape index (κ1) is 18.7. The van der Waals surface area contributed by atoms with E-state index < -0.39 is 67.8 Å². The van der Waals surface area contributed by atoms with Crippen LogP contribution >= 0.6 is 0 Å². The predicted molar refractivity (Wildman–Crippen MR) is 78.5 cm³/mol. The molecule has 10 heteroatoms. The van der Waals surface area contributed by atoms with Crippen LogP contribution in [-0.2, 0) is 14.2 Å². The normalized spacial score (nSPS) is 49.5. The first-order valence-electron chi connectivity index (χ1n) is 7.84. The van der Waals surface area contributed by atoms with Gasteiger partial charge in [0.05, 0.1) is 25.4 Å². The fourth-order valence-corrected chi connectivity index (χ4v) is 3.39. The summed E-state index contributed by atoms with van der Waals surface area (Å²) in [6, 6.07) is 0. The fraction of sp³-hybridized carbons (Fsp3) is 0.733. The number of aliphatic hydroxyl groups is 7. The van der Waals surface area contributed by atoms with Crippen molar-refractivity contribution in [2.24, 2.45) is 5.92 Å². The van der Waals surface area contributed by atoms with Crippen LogP contribution in [0.4, 0.5) is 0 Å². The lowest BCUT2D eigenvalue weighted by Gasteiger charge is -2.44. The van der Waals surface area contributed by atoms with Gasteiger partial charge in [0.2, 0.25) is 6.29 Å². The Morgan fingerprint density at radius 1 is 1.04 bits per heavy atom. The van der Waals surface area contributed by atoms with Crippen LogP contribution in [0.15, 0.2) is 24.0 Å². The van der Waals surface area contributed by atoms with Crippen LogP contribution in [0.3, 0.4) is 0 Å². The quantitative estimate of drug-likeness (QED) is 0.247. The van der Waals surface area contributed by atoms with Gasteiger partial charge in [0.1, 0.15) is 36.1 Å². The molecule has 0 spiro atoms. The Balaban J connectivity index is 1.80. The van der Waals surface area contributed by atoms with Gasteiger partial charge in [-0.2, -0.15) is 0 Å². The van der Waals surface area contributed by atoms with Crippen LogP contribution in [-0.4, -0.2) is 97.7 Å². The van der Waals surface area contributed by atoms with E-state index >= 15 is 0 Å². The van der Waals surface area contributed by atoms with Crippen molar-refractivity contribution in [2.45, 2.75) is 48.7 Å². The van der Waals surface area contributed by atoms with Crippen LogP contribution in [0.5, 0.6) is 0 Å². The highest BCUT2D eigenvalue weighted by atomic mass is 16.8. The Morgan fingerprint density at radius 2 is 1.76 bits per heavy atom. The van der Waals surface area contributed by atoms with Gasteiger partial charge < -0.3 is 50.0 Å². The number of hydrogen-bond donors (Lipinski definition) is 7. The highest BCUT2D eigenvalue weighted by molar-refractivity contribution is 5.33. The summed E-state index contributed by atoms with van der Waals surface area (Å²) < 4.78 is 16.0. The number of rotatable bonds is 4. The van der Waals surface area contributed by atoms with Gasteiger partial charge in [0.15, 0.2) is 6.29 Å². The lowest BCUT2D eigenvalue weighted by Crippen LogP contribution is -2.61. The van der Waals surface area contributed by atoms with E-state index in [0.717, 1.165) is 6.26 Å². The second-order valence-electron chi connectivity index (χ2n) is 6.35. The van der Waals surface area contributed by atoms with E-state index in [1.807, 2.05) is 0 Å². The maximum absolute atomic E-state index is 10.6. The molecule has 2 aliphatic heterocycles. The van der Waals surface area contributed by atoms with Gasteiger partial charge in [-0.3, -0.25) is 0 Å². The lowest BCUT2D eigenvalue weighted by atomic mass is 9.83. The predicted octanol–water partition coefficient (Wildman–Crippen LogP) is -3.69. The zero-order chi connectivity index (χ0) is 18.4. The molecule has 25 heavy (non-hydrogen) atoms.